The first kappa shape index (κ1) is 16.5. The highest BCUT2D eigenvalue weighted by atomic mass is 16.2. The average molecular weight is 329 g/mol. The Labute approximate surface area is 139 Å². The van der Waals surface area contributed by atoms with Gasteiger partial charge in [-0.15, -0.1) is 0 Å². The van der Waals surface area contributed by atoms with Crippen LogP contribution in [0.15, 0.2) is 33.9 Å². The molecule has 6 nitrogen and oxygen atoms in total. The molecule has 128 valence electrons. The van der Waals surface area contributed by atoms with Gasteiger partial charge in [0, 0.05) is 6.04 Å². The number of hydrogen-bond acceptors (Lipinski definition) is 3. The number of amides is 1. The van der Waals surface area contributed by atoms with E-state index < -0.39 is 11.2 Å². The monoisotopic (exact) mass is 329 g/mol. The number of para-hydroxylation sites is 1. The number of aromatic amines is 1. The van der Waals surface area contributed by atoms with E-state index in [1.165, 1.54) is 19.3 Å². The van der Waals surface area contributed by atoms with Gasteiger partial charge < -0.3 is 10.3 Å². The van der Waals surface area contributed by atoms with E-state index in [1.54, 1.807) is 24.3 Å². The largest absolute Gasteiger partial charge is 0.352 e. The van der Waals surface area contributed by atoms with Gasteiger partial charge in [0.15, 0.2) is 0 Å². The maximum atomic E-state index is 12.4. The fourth-order valence-corrected chi connectivity index (χ4v) is 3.54. The van der Waals surface area contributed by atoms with Crippen molar-refractivity contribution in [2.45, 2.75) is 51.6 Å². The molecule has 1 fully saturated rings. The van der Waals surface area contributed by atoms with Crippen LogP contribution in [0.1, 0.15) is 39.0 Å². The van der Waals surface area contributed by atoms with Crippen molar-refractivity contribution in [3.05, 3.63) is 45.1 Å². The third-order valence-electron chi connectivity index (χ3n) is 4.94. The van der Waals surface area contributed by atoms with E-state index in [1.807, 2.05) is 6.92 Å². The van der Waals surface area contributed by atoms with Crippen molar-refractivity contribution in [1.29, 1.82) is 0 Å². The lowest BCUT2D eigenvalue weighted by Crippen LogP contribution is -2.44. The average Bonchev–Trinajstić information content (AvgIpc) is 2.59. The predicted octanol–water partition coefficient (Wildman–Crippen LogP) is 1.77. The topological polar surface area (TPSA) is 84.0 Å². The Morgan fingerprint density at radius 3 is 2.71 bits per heavy atom. The van der Waals surface area contributed by atoms with Gasteiger partial charge in [-0.25, -0.2) is 4.79 Å². The van der Waals surface area contributed by atoms with Gasteiger partial charge in [-0.05, 0) is 37.8 Å². The first-order chi connectivity index (χ1) is 11.6. The van der Waals surface area contributed by atoms with Crippen molar-refractivity contribution in [2.24, 2.45) is 5.92 Å². The third kappa shape index (κ3) is 3.42. The SMILES string of the molecule is CC(NC(=O)Cn1c(=O)[nH]c2ccccc2c1=O)C1CCCCC1. The molecule has 2 aromatic rings. The molecule has 1 saturated carbocycles. The van der Waals surface area contributed by atoms with Crippen LogP contribution in [-0.4, -0.2) is 21.5 Å². The second-order valence-electron chi connectivity index (χ2n) is 6.62. The Bertz CT molecular complexity index is 846. The fraction of sp³-hybridized carbons (Fsp3) is 0.500. The van der Waals surface area contributed by atoms with Gasteiger partial charge in [-0.3, -0.25) is 14.2 Å². The van der Waals surface area contributed by atoms with Gasteiger partial charge in [-0.1, -0.05) is 31.4 Å². The summed E-state index contributed by atoms with van der Waals surface area (Å²) in [4.78, 5) is 39.5. The molecule has 24 heavy (non-hydrogen) atoms. The van der Waals surface area contributed by atoms with Crippen molar-refractivity contribution in [1.82, 2.24) is 14.9 Å². The maximum absolute atomic E-state index is 12.4. The molecular formula is C18H23N3O3. The van der Waals surface area contributed by atoms with Crippen LogP contribution < -0.4 is 16.6 Å². The molecular weight excluding hydrogens is 306 g/mol. The maximum Gasteiger partial charge on any atom is 0.329 e. The zero-order valence-electron chi connectivity index (χ0n) is 13.9. The number of H-pyrrole nitrogens is 1. The molecule has 1 atom stereocenters. The molecule has 3 rings (SSSR count). The molecule has 2 N–H and O–H groups in total. The van der Waals surface area contributed by atoms with Crippen molar-refractivity contribution in [3.63, 3.8) is 0 Å². The second kappa shape index (κ2) is 7.03. The number of carbonyl (C=O) groups is 1. The van der Waals surface area contributed by atoms with Crippen molar-refractivity contribution in [2.75, 3.05) is 0 Å². The number of aromatic nitrogens is 2. The van der Waals surface area contributed by atoms with Crippen LogP contribution in [0.2, 0.25) is 0 Å². The van der Waals surface area contributed by atoms with Gasteiger partial charge in [0.1, 0.15) is 6.54 Å². The van der Waals surface area contributed by atoms with Crippen LogP contribution in [-0.2, 0) is 11.3 Å². The number of hydrogen-bond donors (Lipinski definition) is 2. The molecule has 0 aliphatic heterocycles. The summed E-state index contributed by atoms with van der Waals surface area (Å²) >= 11 is 0. The van der Waals surface area contributed by atoms with E-state index in [4.69, 9.17) is 0 Å². The standard InChI is InChI=1S/C18H23N3O3/c1-12(13-7-3-2-4-8-13)19-16(22)11-21-17(23)14-9-5-6-10-15(14)20-18(21)24/h5-6,9-10,12-13H,2-4,7-8,11H2,1H3,(H,19,22)(H,20,24). The zero-order chi connectivity index (χ0) is 17.1. The molecule has 1 heterocycles. The van der Waals surface area contributed by atoms with Crippen molar-refractivity contribution in [3.8, 4) is 0 Å². The number of rotatable bonds is 4. The quantitative estimate of drug-likeness (QED) is 0.897. The lowest BCUT2D eigenvalue weighted by Gasteiger charge is -2.28. The minimum absolute atomic E-state index is 0.0630. The Hall–Kier alpha value is -2.37. The summed E-state index contributed by atoms with van der Waals surface area (Å²) in [5.74, 6) is 0.185. The van der Waals surface area contributed by atoms with Gasteiger partial charge in [0.2, 0.25) is 5.91 Å². The number of nitrogens with one attached hydrogen (secondary N) is 2. The summed E-state index contributed by atoms with van der Waals surface area (Å²) in [7, 11) is 0. The first-order valence-electron chi connectivity index (χ1n) is 8.57. The molecule has 1 aromatic carbocycles. The summed E-state index contributed by atoms with van der Waals surface area (Å²) < 4.78 is 0.964. The molecule has 0 saturated heterocycles. The highest BCUT2D eigenvalue weighted by Gasteiger charge is 2.22. The van der Waals surface area contributed by atoms with Crippen LogP contribution in [0.4, 0.5) is 0 Å². The molecule has 1 amide bonds. The normalized spacial score (nSPS) is 16.9. The lowest BCUT2D eigenvalue weighted by atomic mass is 9.84. The number of benzene rings is 1. The van der Waals surface area contributed by atoms with Crippen molar-refractivity contribution >= 4 is 16.8 Å². The molecule has 0 spiro atoms. The van der Waals surface area contributed by atoms with E-state index in [-0.39, 0.29) is 18.5 Å². The summed E-state index contributed by atoms with van der Waals surface area (Å²) in [6.45, 7) is 1.75. The highest BCUT2D eigenvalue weighted by Crippen LogP contribution is 2.26. The summed E-state index contributed by atoms with van der Waals surface area (Å²) in [5.41, 5.74) is -0.506. The van der Waals surface area contributed by atoms with Crippen LogP contribution >= 0.6 is 0 Å². The molecule has 1 unspecified atom stereocenters. The lowest BCUT2D eigenvalue weighted by molar-refractivity contribution is -0.122. The Kier molecular flexibility index (Phi) is 4.83. The molecule has 0 radical (unpaired) electrons. The van der Waals surface area contributed by atoms with E-state index in [0.717, 1.165) is 17.4 Å². The van der Waals surface area contributed by atoms with E-state index in [9.17, 15) is 14.4 Å². The van der Waals surface area contributed by atoms with Crippen LogP contribution in [0.25, 0.3) is 10.9 Å². The van der Waals surface area contributed by atoms with Crippen LogP contribution in [0, 0.1) is 5.92 Å². The van der Waals surface area contributed by atoms with E-state index in [0.29, 0.717) is 16.8 Å². The highest BCUT2D eigenvalue weighted by molar-refractivity contribution is 5.79. The van der Waals surface area contributed by atoms with Gasteiger partial charge in [0.25, 0.3) is 5.56 Å². The minimum atomic E-state index is -0.556. The van der Waals surface area contributed by atoms with E-state index in [2.05, 4.69) is 10.3 Å². The smallest absolute Gasteiger partial charge is 0.329 e. The van der Waals surface area contributed by atoms with Gasteiger partial charge in [0.05, 0.1) is 10.9 Å². The summed E-state index contributed by atoms with van der Waals surface area (Å²) in [6.07, 6.45) is 5.91. The molecule has 0 bridgehead atoms. The number of fused-ring (bicyclic) bond motifs is 1. The minimum Gasteiger partial charge on any atom is -0.352 e. The Balaban J connectivity index is 1.76. The van der Waals surface area contributed by atoms with Crippen molar-refractivity contribution < 1.29 is 4.79 Å². The Morgan fingerprint density at radius 2 is 1.96 bits per heavy atom. The fourth-order valence-electron chi connectivity index (χ4n) is 3.54. The molecule has 1 aromatic heterocycles. The van der Waals surface area contributed by atoms with Gasteiger partial charge in [-0.2, -0.15) is 0 Å². The Morgan fingerprint density at radius 1 is 1.25 bits per heavy atom. The van der Waals surface area contributed by atoms with E-state index >= 15 is 0 Å². The van der Waals surface area contributed by atoms with Gasteiger partial charge >= 0.3 is 5.69 Å². The second-order valence-corrected chi connectivity index (χ2v) is 6.62. The number of carbonyl (C=O) groups excluding carboxylic acids is 1. The van der Waals surface area contributed by atoms with Crippen LogP contribution in [0.5, 0.6) is 0 Å². The summed E-state index contributed by atoms with van der Waals surface area (Å²) in [6, 6.07) is 6.87. The predicted molar refractivity (Wildman–Crippen MR) is 93.0 cm³/mol. The first-order valence-corrected chi connectivity index (χ1v) is 8.57. The molecule has 1 aliphatic rings. The zero-order valence-corrected chi connectivity index (χ0v) is 13.9. The number of nitrogens with zero attached hydrogens (tertiary/aromatic N) is 1. The molecule has 1 aliphatic carbocycles. The molecule has 6 heteroatoms. The van der Waals surface area contributed by atoms with Crippen LogP contribution in [0.3, 0.4) is 0 Å². The third-order valence-corrected chi connectivity index (χ3v) is 4.94. The summed E-state index contributed by atoms with van der Waals surface area (Å²) in [5, 5.41) is 3.36.